The number of fused-ring (bicyclic) bond motifs is 1. The molecule has 0 unspecified atom stereocenters. The molecule has 1 atom stereocenters. The van der Waals surface area contributed by atoms with E-state index in [0.29, 0.717) is 24.0 Å². The summed E-state index contributed by atoms with van der Waals surface area (Å²) in [6, 6.07) is 7.67. The van der Waals surface area contributed by atoms with Gasteiger partial charge in [0, 0.05) is 19.5 Å². The minimum atomic E-state index is -4.71. The van der Waals surface area contributed by atoms with Gasteiger partial charge >= 0.3 is 18.3 Å². The van der Waals surface area contributed by atoms with E-state index >= 15 is 0 Å². The highest BCUT2D eigenvalue weighted by Gasteiger charge is 2.42. The van der Waals surface area contributed by atoms with Gasteiger partial charge in [-0.3, -0.25) is 9.69 Å². The van der Waals surface area contributed by atoms with Crippen LogP contribution >= 0.6 is 0 Å². The van der Waals surface area contributed by atoms with Crippen molar-refractivity contribution >= 4 is 16.7 Å². The third-order valence-electron chi connectivity index (χ3n) is 7.23. The van der Waals surface area contributed by atoms with Crippen molar-refractivity contribution in [1.29, 1.82) is 0 Å². The lowest BCUT2D eigenvalue weighted by Gasteiger charge is -2.32. The van der Waals surface area contributed by atoms with Gasteiger partial charge in [-0.2, -0.15) is 26.3 Å². The Labute approximate surface area is 205 Å². The number of likely N-dealkylation sites (tertiary alicyclic amines) is 1. The van der Waals surface area contributed by atoms with Gasteiger partial charge < -0.3 is 9.84 Å². The topological polar surface area (TPSA) is 49.8 Å². The van der Waals surface area contributed by atoms with Crippen molar-refractivity contribution in [1.82, 2.24) is 4.90 Å². The predicted molar refractivity (Wildman–Crippen MR) is 122 cm³/mol. The number of hydrogen-bond donors (Lipinski definition) is 1. The smallest absolute Gasteiger partial charge is 0.420 e. The summed E-state index contributed by atoms with van der Waals surface area (Å²) < 4.78 is 87.2. The molecular weight excluding hydrogens is 488 g/mol. The molecule has 10 heteroatoms. The first-order valence-corrected chi connectivity index (χ1v) is 12.2. The number of nitrogens with zero attached hydrogens (tertiary/aromatic N) is 1. The summed E-state index contributed by atoms with van der Waals surface area (Å²) in [5.74, 6) is -2.65. The minimum absolute atomic E-state index is 0.00915. The van der Waals surface area contributed by atoms with E-state index in [-0.39, 0.29) is 49.2 Å². The Morgan fingerprint density at radius 3 is 2.33 bits per heavy atom. The summed E-state index contributed by atoms with van der Waals surface area (Å²) in [6.45, 7) is 1.71. The zero-order valence-electron chi connectivity index (χ0n) is 19.7. The number of hydrogen-bond acceptors (Lipinski definition) is 3. The van der Waals surface area contributed by atoms with E-state index in [2.05, 4.69) is 4.90 Å². The van der Waals surface area contributed by atoms with Crippen LogP contribution in [0.1, 0.15) is 56.1 Å². The Hall–Kier alpha value is -2.49. The van der Waals surface area contributed by atoms with Gasteiger partial charge in [0.15, 0.2) is 0 Å². The van der Waals surface area contributed by atoms with Gasteiger partial charge in [0.05, 0.1) is 12.0 Å². The number of piperidine rings is 1. The lowest BCUT2D eigenvalue weighted by Crippen LogP contribution is -2.35. The van der Waals surface area contributed by atoms with E-state index in [1.54, 1.807) is 12.1 Å². The van der Waals surface area contributed by atoms with Gasteiger partial charge in [0.2, 0.25) is 0 Å². The number of carboxylic acids is 1. The highest BCUT2D eigenvalue weighted by Crippen LogP contribution is 2.44. The van der Waals surface area contributed by atoms with Crippen LogP contribution < -0.4 is 4.74 Å². The molecule has 2 aromatic rings. The second-order valence-corrected chi connectivity index (χ2v) is 9.97. The van der Waals surface area contributed by atoms with Crippen LogP contribution in [0.15, 0.2) is 30.3 Å². The average Bonchev–Trinajstić information content (AvgIpc) is 2.77. The Morgan fingerprint density at radius 1 is 1.00 bits per heavy atom. The molecule has 0 aromatic heterocycles. The van der Waals surface area contributed by atoms with Crippen LogP contribution in [0, 0.1) is 11.8 Å². The van der Waals surface area contributed by atoms with Crippen molar-refractivity contribution in [3.63, 3.8) is 0 Å². The number of ether oxygens (including phenoxy) is 1. The van der Waals surface area contributed by atoms with Crippen LogP contribution in [0.4, 0.5) is 26.3 Å². The molecule has 36 heavy (non-hydrogen) atoms. The van der Waals surface area contributed by atoms with Gasteiger partial charge in [-0.15, -0.1) is 0 Å². The Bertz CT molecular complexity index is 1080. The summed E-state index contributed by atoms with van der Waals surface area (Å²) in [7, 11) is 0. The standard InChI is InChI=1S/C26H29F6NO3/c27-25(28,29)19-6-8-20(9-7-19)36-22-10-5-18-4-3-17(12-21(18)24(22)26(30,31)32)15-33-11-1-2-16(14-33)13-23(34)35/h3-5,10,12,16,19-20H,1-2,6-9,11,13-15H2,(H,34,35)/t16-,19-,20+/m1/s1. The number of rotatable bonds is 6. The number of benzene rings is 2. The molecular formula is C26H29F6NO3. The molecule has 1 saturated heterocycles. The molecule has 1 heterocycles. The zero-order chi connectivity index (χ0) is 26.1. The highest BCUT2D eigenvalue weighted by atomic mass is 19.4. The molecule has 4 nitrogen and oxygen atoms in total. The summed E-state index contributed by atoms with van der Waals surface area (Å²) >= 11 is 0. The molecule has 0 radical (unpaired) electrons. The molecule has 1 aliphatic heterocycles. The molecule has 0 bridgehead atoms. The van der Waals surface area contributed by atoms with Crippen LogP contribution in [-0.4, -0.2) is 41.3 Å². The Morgan fingerprint density at radius 2 is 1.69 bits per heavy atom. The number of carboxylic acid groups (broad SMARTS) is 1. The second kappa shape index (κ2) is 10.5. The largest absolute Gasteiger partial charge is 0.490 e. The van der Waals surface area contributed by atoms with E-state index in [4.69, 9.17) is 9.84 Å². The van der Waals surface area contributed by atoms with Crippen molar-refractivity contribution in [2.75, 3.05) is 13.1 Å². The van der Waals surface area contributed by atoms with Crippen molar-refractivity contribution in [3.8, 4) is 5.75 Å². The summed E-state index contributed by atoms with van der Waals surface area (Å²) in [4.78, 5) is 13.1. The maximum atomic E-state index is 14.2. The highest BCUT2D eigenvalue weighted by molar-refractivity contribution is 5.89. The van der Waals surface area contributed by atoms with Crippen molar-refractivity contribution in [3.05, 3.63) is 41.5 Å². The van der Waals surface area contributed by atoms with Gasteiger partial charge in [-0.1, -0.05) is 18.2 Å². The molecule has 0 spiro atoms. The Kier molecular flexibility index (Phi) is 7.73. The third kappa shape index (κ3) is 6.44. The molecule has 0 amide bonds. The lowest BCUT2D eigenvalue weighted by molar-refractivity contribution is -0.185. The fourth-order valence-electron chi connectivity index (χ4n) is 5.49. The maximum Gasteiger partial charge on any atom is 0.420 e. The van der Waals surface area contributed by atoms with Crippen LogP contribution in [-0.2, 0) is 17.5 Å². The van der Waals surface area contributed by atoms with Gasteiger partial charge in [0.25, 0.3) is 0 Å². The molecule has 2 aromatic carbocycles. The van der Waals surface area contributed by atoms with E-state index < -0.39 is 35.9 Å². The second-order valence-electron chi connectivity index (χ2n) is 9.97. The fourth-order valence-corrected chi connectivity index (χ4v) is 5.49. The average molecular weight is 518 g/mol. The zero-order valence-corrected chi connectivity index (χ0v) is 19.7. The molecule has 2 fully saturated rings. The van der Waals surface area contributed by atoms with Crippen molar-refractivity contribution in [2.24, 2.45) is 11.8 Å². The monoisotopic (exact) mass is 517 g/mol. The summed E-state index contributed by atoms with van der Waals surface area (Å²) in [5, 5.41) is 9.45. The van der Waals surface area contributed by atoms with Crippen LogP contribution in [0.25, 0.3) is 10.8 Å². The first kappa shape index (κ1) is 26.6. The van der Waals surface area contributed by atoms with E-state index in [9.17, 15) is 31.1 Å². The fraction of sp³-hybridized carbons (Fsp3) is 0.577. The first-order valence-electron chi connectivity index (χ1n) is 12.2. The molecule has 4 rings (SSSR count). The van der Waals surface area contributed by atoms with Gasteiger partial charge in [-0.05, 0) is 79.5 Å². The first-order chi connectivity index (χ1) is 16.9. The number of alkyl halides is 6. The quantitative estimate of drug-likeness (QED) is 0.418. The maximum absolute atomic E-state index is 14.2. The van der Waals surface area contributed by atoms with Crippen LogP contribution in [0.3, 0.4) is 0 Å². The SMILES string of the molecule is O=C(O)C[C@H]1CCCN(Cc2ccc3ccc(O[C@H]4CC[C@@H](C(F)(F)F)CC4)c(C(F)(F)F)c3c2)C1. The van der Waals surface area contributed by atoms with Gasteiger partial charge in [-0.25, -0.2) is 0 Å². The summed E-state index contributed by atoms with van der Waals surface area (Å²) in [5.41, 5.74) is -0.242. The normalized spacial score (nSPS) is 24.1. The minimum Gasteiger partial charge on any atom is -0.490 e. The molecule has 1 N–H and O–H groups in total. The number of aliphatic carboxylic acids is 1. The number of carbonyl (C=O) groups is 1. The van der Waals surface area contributed by atoms with Crippen molar-refractivity contribution < 1.29 is 41.0 Å². The third-order valence-corrected chi connectivity index (χ3v) is 7.23. The van der Waals surface area contributed by atoms with E-state index in [1.807, 2.05) is 0 Å². The van der Waals surface area contributed by atoms with E-state index in [0.717, 1.165) is 19.4 Å². The Balaban J connectivity index is 1.55. The molecule has 198 valence electrons. The van der Waals surface area contributed by atoms with Crippen LogP contribution in [0.2, 0.25) is 0 Å². The van der Waals surface area contributed by atoms with Crippen LogP contribution in [0.5, 0.6) is 5.75 Å². The molecule has 2 aliphatic rings. The summed E-state index contributed by atoms with van der Waals surface area (Å²) in [6.07, 6.45) is -8.24. The molecule has 1 saturated carbocycles. The molecule has 1 aliphatic carbocycles. The number of halogens is 6. The van der Waals surface area contributed by atoms with Crippen molar-refractivity contribution in [2.45, 2.75) is 69.9 Å². The lowest BCUT2D eigenvalue weighted by atomic mass is 9.87. The predicted octanol–water partition coefficient (Wildman–Crippen LogP) is 7.05. The van der Waals surface area contributed by atoms with Gasteiger partial charge in [0.1, 0.15) is 11.3 Å². The van der Waals surface area contributed by atoms with E-state index in [1.165, 1.54) is 18.2 Å².